The summed E-state index contributed by atoms with van der Waals surface area (Å²) in [6.45, 7) is 1.41. The van der Waals surface area contributed by atoms with Gasteiger partial charge in [0.05, 0.1) is 0 Å². The van der Waals surface area contributed by atoms with Gasteiger partial charge in [0.15, 0.2) is 0 Å². The minimum absolute atomic E-state index is 0.000173. The molecule has 3 aromatic carbocycles. The van der Waals surface area contributed by atoms with Crippen LogP contribution in [-0.2, 0) is 12.8 Å². The van der Waals surface area contributed by atoms with Crippen LogP contribution in [0.1, 0.15) is 11.1 Å². The van der Waals surface area contributed by atoms with Gasteiger partial charge in [-0.15, -0.1) is 0 Å². The predicted octanol–water partition coefficient (Wildman–Crippen LogP) is 4.15. The number of anilines is 1. The van der Waals surface area contributed by atoms with Crippen LogP contribution in [0.15, 0.2) is 66.7 Å². The van der Waals surface area contributed by atoms with Gasteiger partial charge in [-0.25, -0.2) is 4.79 Å². The lowest BCUT2D eigenvalue weighted by molar-refractivity contribution is 0.247. The highest BCUT2D eigenvalue weighted by Crippen LogP contribution is 2.27. The highest BCUT2D eigenvalue weighted by molar-refractivity contribution is 5.94. The first kappa shape index (κ1) is 14.8. The number of nitrogens with zero attached hydrogens (tertiary/aromatic N) is 1. The Bertz CT molecular complexity index is 882. The standard InChI is InChI=1S/C21H20N2O/c24-21(23-15-13-18-7-2-4-11-20(18)23)22-14-12-17-9-5-8-16-6-1-3-10-19(16)17/h1-11H,12-15H2,(H,22,24). The van der Waals surface area contributed by atoms with Crippen LogP contribution >= 0.6 is 0 Å². The summed E-state index contributed by atoms with van der Waals surface area (Å²) in [6, 6.07) is 22.9. The first-order valence-electron chi connectivity index (χ1n) is 8.43. The lowest BCUT2D eigenvalue weighted by Crippen LogP contribution is -2.39. The summed E-state index contributed by atoms with van der Waals surface area (Å²) in [6.07, 6.45) is 1.77. The van der Waals surface area contributed by atoms with Crippen molar-refractivity contribution in [2.24, 2.45) is 0 Å². The number of carbonyl (C=O) groups is 1. The smallest absolute Gasteiger partial charge is 0.321 e. The highest BCUT2D eigenvalue weighted by Gasteiger charge is 2.23. The number of carbonyl (C=O) groups excluding carboxylic acids is 1. The largest absolute Gasteiger partial charge is 0.337 e. The van der Waals surface area contributed by atoms with E-state index in [2.05, 4.69) is 53.8 Å². The Morgan fingerprint density at radius 2 is 1.75 bits per heavy atom. The summed E-state index contributed by atoms with van der Waals surface area (Å²) in [5.74, 6) is 0. The van der Waals surface area contributed by atoms with E-state index >= 15 is 0 Å². The summed E-state index contributed by atoms with van der Waals surface area (Å²) in [5.41, 5.74) is 3.57. The number of nitrogens with one attached hydrogen (secondary N) is 1. The molecule has 0 aromatic heterocycles. The molecule has 3 aromatic rings. The third-order valence-corrected chi connectivity index (χ3v) is 4.68. The molecule has 1 heterocycles. The summed E-state index contributed by atoms with van der Waals surface area (Å²) in [5, 5.41) is 5.58. The molecule has 3 nitrogen and oxygen atoms in total. The third-order valence-electron chi connectivity index (χ3n) is 4.68. The van der Waals surface area contributed by atoms with Gasteiger partial charge in [0.1, 0.15) is 0 Å². The molecule has 3 heteroatoms. The van der Waals surface area contributed by atoms with Crippen molar-refractivity contribution >= 4 is 22.5 Å². The van der Waals surface area contributed by atoms with Gasteiger partial charge >= 0.3 is 6.03 Å². The van der Waals surface area contributed by atoms with Crippen LogP contribution in [-0.4, -0.2) is 19.1 Å². The quantitative estimate of drug-likeness (QED) is 0.773. The molecule has 24 heavy (non-hydrogen) atoms. The van der Waals surface area contributed by atoms with Gasteiger partial charge in [-0.3, -0.25) is 4.90 Å². The lowest BCUT2D eigenvalue weighted by atomic mass is 10.0. The van der Waals surface area contributed by atoms with E-state index in [1.54, 1.807) is 0 Å². The SMILES string of the molecule is O=C(NCCc1cccc2ccccc12)N1CCc2ccccc21. The molecule has 0 bridgehead atoms. The molecule has 4 rings (SSSR count). The minimum Gasteiger partial charge on any atom is -0.337 e. The molecular weight excluding hydrogens is 296 g/mol. The zero-order chi connectivity index (χ0) is 16.4. The average Bonchev–Trinajstić information content (AvgIpc) is 3.06. The van der Waals surface area contributed by atoms with E-state index in [0.717, 1.165) is 25.1 Å². The van der Waals surface area contributed by atoms with Crippen molar-refractivity contribution in [1.29, 1.82) is 0 Å². The van der Waals surface area contributed by atoms with Gasteiger partial charge in [0, 0.05) is 18.8 Å². The van der Waals surface area contributed by atoms with Crippen molar-refractivity contribution in [2.75, 3.05) is 18.0 Å². The zero-order valence-corrected chi connectivity index (χ0v) is 13.5. The number of benzene rings is 3. The Hall–Kier alpha value is -2.81. The number of amides is 2. The van der Waals surface area contributed by atoms with Gasteiger partial charge in [0.25, 0.3) is 0 Å². The Morgan fingerprint density at radius 3 is 2.71 bits per heavy atom. The molecule has 1 N–H and O–H groups in total. The number of para-hydroxylation sites is 1. The normalized spacial score (nSPS) is 13.1. The first-order valence-corrected chi connectivity index (χ1v) is 8.43. The van der Waals surface area contributed by atoms with E-state index in [-0.39, 0.29) is 6.03 Å². The van der Waals surface area contributed by atoms with Crippen LogP contribution in [0.5, 0.6) is 0 Å². The molecule has 0 saturated heterocycles. The fourth-order valence-electron chi connectivity index (χ4n) is 3.46. The zero-order valence-electron chi connectivity index (χ0n) is 13.5. The second-order valence-electron chi connectivity index (χ2n) is 6.15. The molecule has 0 unspecified atom stereocenters. The van der Waals surface area contributed by atoms with E-state index in [1.807, 2.05) is 23.1 Å². The summed E-state index contributed by atoms with van der Waals surface area (Å²) < 4.78 is 0. The second kappa shape index (κ2) is 6.36. The predicted molar refractivity (Wildman–Crippen MR) is 98.5 cm³/mol. The molecule has 0 saturated carbocycles. The molecule has 0 spiro atoms. The van der Waals surface area contributed by atoms with Gasteiger partial charge in [-0.1, -0.05) is 60.7 Å². The molecule has 0 aliphatic carbocycles. The molecule has 0 atom stereocenters. The molecular formula is C21H20N2O. The summed E-state index contributed by atoms with van der Waals surface area (Å²) >= 11 is 0. The first-order chi connectivity index (χ1) is 11.8. The highest BCUT2D eigenvalue weighted by atomic mass is 16.2. The maximum absolute atomic E-state index is 12.5. The van der Waals surface area contributed by atoms with E-state index in [1.165, 1.54) is 21.9 Å². The van der Waals surface area contributed by atoms with Crippen LogP contribution < -0.4 is 10.2 Å². The summed E-state index contributed by atoms with van der Waals surface area (Å²) in [4.78, 5) is 14.3. The molecule has 120 valence electrons. The van der Waals surface area contributed by atoms with Crippen molar-refractivity contribution < 1.29 is 4.79 Å². The monoisotopic (exact) mass is 316 g/mol. The number of urea groups is 1. The van der Waals surface area contributed by atoms with E-state index in [9.17, 15) is 4.79 Å². The Morgan fingerprint density at radius 1 is 0.958 bits per heavy atom. The van der Waals surface area contributed by atoms with Crippen LogP contribution in [0.25, 0.3) is 10.8 Å². The van der Waals surface area contributed by atoms with Crippen molar-refractivity contribution in [2.45, 2.75) is 12.8 Å². The minimum atomic E-state index is 0.000173. The fourth-order valence-corrected chi connectivity index (χ4v) is 3.46. The average molecular weight is 316 g/mol. The molecule has 1 aliphatic rings. The molecule has 1 aliphatic heterocycles. The molecule has 2 amide bonds. The van der Waals surface area contributed by atoms with Gasteiger partial charge in [-0.2, -0.15) is 0 Å². The second-order valence-corrected chi connectivity index (χ2v) is 6.15. The number of rotatable bonds is 3. The Labute approximate surface area is 141 Å². The van der Waals surface area contributed by atoms with E-state index in [0.29, 0.717) is 6.54 Å². The van der Waals surface area contributed by atoms with Gasteiger partial charge in [0.2, 0.25) is 0 Å². The topological polar surface area (TPSA) is 32.3 Å². The third kappa shape index (κ3) is 2.73. The van der Waals surface area contributed by atoms with Crippen molar-refractivity contribution in [3.63, 3.8) is 0 Å². The number of fused-ring (bicyclic) bond motifs is 2. The van der Waals surface area contributed by atoms with Gasteiger partial charge in [-0.05, 0) is 40.8 Å². The maximum atomic E-state index is 12.5. The Kier molecular flexibility index (Phi) is 3.91. The van der Waals surface area contributed by atoms with Crippen LogP contribution in [0, 0.1) is 0 Å². The number of hydrogen-bond donors (Lipinski definition) is 1. The fraction of sp³-hybridized carbons (Fsp3) is 0.190. The van der Waals surface area contributed by atoms with E-state index < -0.39 is 0 Å². The van der Waals surface area contributed by atoms with Crippen LogP contribution in [0.2, 0.25) is 0 Å². The van der Waals surface area contributed by atoms with Gasteiger partial charge < -0.3 is 5.32 Å². The van der Waals surface area contributed by atoms with Crippen LogP contribution in [0.4, 0.5) is 10.5 Å². The summed E-state index contributed by atoms with van der Waals surface area (Å²) in [7, 11) is 0. The van der Waals surface area contributed by atoms with Crippen molar-refractivity contribution in [1.82, 2.24) is 5.32 Å². The number of hydrogen-bond acceptors (Lipinski definition) is 1. The van der Waals surface area contributed by atoms with Crippen LogP contribution in [0.3, 0.4) is 0 Å². The molecule has 0 radical (unpaired) electrons. The Balaban J connectivity index is 1.42. The van der Waals surface area contributed by atoms with Crippen molar-refractivity contribution in [3.8, 4) is 0 Å². The molecule has 0 fully saturated rings. The lowest BCUT2D eigenvalue weighted by Gasteiger charge is -2.18. The van der Waals surface area contributed by atoms with Crippen molar-refractivity contribution in [3.05, 3.63) is 77.9 Å². The maximum Gasteiger partial charge on any atom is 0.321 e. The van der Waals surface area contributed by atoms with E-state index in [4.69, 9.17) is 0 Å².